The van der Waals surface area contributed by atoms with Crippen LogP contribution < -0.4 is 19.7 Å². The maximum atomic E-state index is 13.5. The van der Waals surface area contributed by atoms with E-state index in [9.17, 15) is 26.3 Å². The number of nitrogens with one attached hydrogen (secondary N) is 1. The second-order valence-electron chi connectivity index (χ2n) is 9.86. The standard InChI is InChI=1S/C23H25F6N7O3/c1-11(2)36-21(37-15-6-7-17(38-23(27,28)29)16(8-15)22(24,25)26)32-19(33-36)31-18-13-4-5-14(18)10-35(9-13)20-30-12(3)34-39-20/h6-8,11,13-14,18H,4-5,9-10H2,1-3H3,(H,31,33). The third kappa shape index (κ3) is 5.83. The van der Waals surface area contributed by atoms with Crippen LogP contribution in [0.25, 0.3) is 0 Å². The number of benzene rings is 1. The molecule has 212 valence electrons. The van der Waals surface area contributed by atoms with Crippen molar-refractivity contribution in [2.24, 2.45) is 11.8 Å². The zero-order valence-electron chi connectivity index (χ0n) is 21.0. The Labute approximate surface area is 218 Å². The van der Waals surface area contributed by atoms with E-state index in [0.29, 0.717) is 37.1 Å². The van der Waals surface area contributed by atoms with Crippen LogP contribution in [0.1, 0.15) is 44.1 Å². The predicted octanol–water partition coefficient (Wildman–Crippen LogP) is 5.59. The lowest BCUT2D eigenvalue weighted by atomic mass is 9.92. The van der Waals surface area contributed by atoms with Crippen LogP contribution in [0.2, 0.25) is 0 Å². The molecule has 39 heavy (non-hydrogen) atoms. The number of piperidine rings is 1. The summed E-state index contributed by atoms with van der Waals surface area (Å²) in [5, 5.41) is 11.6. The first-order valence-electron chi connectivity index (χ1n) is 12.2. The number of aryl methyl sites for hydroxylation is 1. The topological polar surface area (TPSA) is 103 Å². The highest BCUT2D eigenvalue weighted by Crippen LogP contribution is 2.42. The second-order valence-corrected chi connectivity index (χ2v) is 9.86. The number of aromatic nitrogens is 5. The van der Waals surface area contributed by atoms with E-state index in [1.54, 1.807) is 20.8 Å². The number of fused-ring (bicyclic) bond motifs is 2. The van der Waals surface area contributed by atoms with E-state index < -0.39 is 23.9 Å². The minimum atomic E-state index is -5.29. The summed E-state index contributed by atoms with van der Waals surface area (Å²) in [6.45, 7) is 6.69. The van der Waals surface area contributed by atoms with Crippen molar-refractivity contribution < 1.29 is 40.3 Å². The first-order chi connectivity index (χ1) is 18.3. The molecule has 0 radical (unpaired) electrons. The number of hydrogen-bond acceptors (Lipinski definition) is 9. The first kappa shape index (κ1) is 26.9. The van der Waals surface area contributed by atoms with Gasteiger partial charge in [0.1, 0.15) is 17.1 Å². The van der Waals surface area contributed by atoms with E-state index in [2.05, 4.69) is 35.2 Å². The minimum Gasteiger partial charge on any atom is -0.424 e. The van der Waals surface area contributed by atoms with Crippen LogP contribution in [0, 0.1) is 18.8 Å². The van der Waals surface area contributed by atoms with Crippen molar-refractivity contribution in [3.63, 3.8) is 0 Å². The summed E-state index contributed by atoms with van der Waals surface area (Å²) in [7, 11) is 0. The summed E-state index contributed by atoms with van der Waals surface area (Å²) < 4.78 is 94.0. The Morgan fingerprint density at radius 1 is 1.05 bits per heavy atom. The highest BCUT2D eigenvalue weighted by Gasteiger charge is 2.44. The molecule has 1 aromatic carbocycles. The lowest BCUT2D eigenvalue weighted by Crippen LogP contribution is -2.48. The second kappa shape index (κ2) is 9.79. The Morgan fingerprint density at radius 3 is 2.31 bits per heavy atom. The van der Waals surface area contributed by atoms with Crippen LogP contribution in [0.4, 0.5) is 38.3 Å². The highest BCUT2D eigenvalue weighted by atomic mass is 19.4. The van der Waals surface area contributed by atoms with Gasteiger partial charge in [-0.25, -0.2) is 4.68 Å². The minimum absolute atomic E-state index is 0.0387. The third-order valence-corrected chi connectivity index (χ3v) is 6.70. The monoisotopic (exact) mass is 561 g/mol. The molecule has 1 N–H and O–H groups in total. The van der Waals surface area contributed by atoms with E-state index in [-0.39, 0.29) is 41.6 Å². The number of halogens is 6. The molecule has 2 aliphatic rings. The van der Waals surface area contributed by atoms with Gasteiger partial charge in [0.05, 0.1) is 6.04 Å². The van der Waals surface area contributed by atoms with Crippen molar-refractivity contribution in [1.29, 1.82) is 0 Å². The molecule has 3 heterocycles. The summed E-state index contributed by atoms with van der Waals surface area (Å²) in [6.07, 6.45) is -8.48. The van der Waals surface area contributed by atoms with Gasteiger partial charge < -0.3 is 24.2 Å². The number of ether oxygens (including phenoxy) is 2. The fourth-order valence-electron chi connectivity index (χ4n) is 5.07. The molecule has 2 unspecified atom stereocenters. The van der Waals surface area contributed by atoms with Gasteiger partial charge in [-0.15, -0.1) is 18.3 Å². The molecule has 16 heteroatoms. The normalized spacial score (nSPS) is 21.5. The molecule has 1 aliphatic carbocycles. The summed E-state index contributed by atoms with van der Waals surface area (Å²) in [5.74, 6) is -0.494. The molecular weight excluding hydrogens is 536 g/mol. The van der Waals surface area contributed by atoms with E-state index in [1.807, 2.05) is 0 Å². The fourth-order valence-corrected chi connectivity index (χ4v) is 5.07. The van der Waals surface area contributed by atoms with Crippen molar-refractivity contribution in [3.8, 4) is 17.5 Å². The summed E-state index contributed by atoms with van der Waals surface area (Å²) in [4.78, 5) is 10.7. The lowest BCUT2D eigenvalue weighted by molar-refractivity contribution is -0.276. The number of anilines is 2. The molecule has 2 bridgehead atoms. The van der Waals surface area contributed by atoms with E-state index in [0.717, 1.165) is 18.9 Å². The van der Waals surface area contributed by atoms with Crippen LogP contribution >= 0.6 is 0 Å². The molecule has 10 nitrogen and oxygen atoms in total. The van der Waals surface area contributed by atoms with Gasteiger partial charge in [0.25, 0.3) is 0 Å². The predicted molar refractivity (Wildman–Crippen MR) is 123 cm³/mol. The maximum absolute atomic E-state index is 13.5. The maximum Gasteiger partial charge on any atom is 0.573 e. The van der Waals surface area contributed by atoms with E-state index >= 15 is 0 Å². The average Bonchev–Trinajstić information content (AvgIpc) is 3.49. The van der Waals surface area contributed by atoms with Gasteiger partial charge in [-0.05, 0) is 63.6 Å². The molecule has 0 spiro atoms. The van der Waals surface area contributed by atoms with Crippen LogP contribution in [-0.4, -0.2) is 50.4 Å². The summed E-state index contributed by atoms with van der Waals surface area (Å²) in [5.41, 5.74) is -1.63. The van der Waals surface area contributed by atoms with Crippen molar-refractivity contribution in [2.45, 2.75) is 58.2 Å². The van der Waals surface area contributed by atoms with Crippen molar-refractivity contribution in [1.82, 2.24) is 24.9 Å². The van der Waals surface area contributed by atoms with Gasteiger partial charge in [0, 0.05) is 19.1 Å². The Kier molecular flexibility index (Phi) is 6.74. The SMILES string of the molecule is Cc1noc(N2CC3CCC(C2)C3Nc2nc(Oc3ccc(OC(F)(F)F)c(C(F)(F)F)c3)n(C(C)C)n2)n1. The van der Waals surface area contributed by atoms with Crippen molar-refractivity contribution in [3.05, 3.63) is 29.6 Å². The molecule has 2 fully saturated rings. The third-order valence-electron chi connectivity index (χ3n) is 6.70. The number of hydrogen-bond donors (Lipinski definition) is 1. The van der Waals surface area contributed by atoms with Crippen molar-refractivity contribution >= 4 is 12.0 Å². The molecule has 1 saturated carbocycles. The zero-order valence-corrected chi connectivity index (χ0v) is 21.0. The molecular formula is C23H25F6N7O3. The van der Waals surface area contributed by atoms with Crippen LogP contribution in [0.5, 0.6) is 17.5 Å². The summed E-state index contributed by atoms with van der Waals surface area (Å²) in [6, 6.07) is 2.05. The first-order valence-corrected chi connectivity index (χ1v) is 12.2. The van der Waals surface area contributed by atoms with Crippen LogP contribution in [0.15, 0.2) is 22.7 Å². The van der Waals surface area contributed by atoms with Gasteiger partial charge in [-0.1, -0.05) is 5.16 Å². The Bertz CT molecular complexity index is 1310. The van der Waals surface area contributed by atoms with Gasteiger partial charge in [-0.3, -0.25) is 0 Å². The number of nitrogens with zero attached hydrogens (tertiary/aromatic N) is 6. The van der Waals surface area contributed by atoms with Gasteiger partial charge in [0.15, 0.2) is 5.82 Å². The van der Waals surface area contributed by atoms with Crippen LogP contribution in [-0.2, 0) is 6.18 Å². The van der Waals surface area contributed by atoms with Gasteiger partial charge >= 0.3 is 24.6 Å². The quantitative estimate of drug-likeness (QED) is 0.370. The largest absolute Gasteiger partial charge is 0.573 e. The molecule has 1 saturated heterocycles. The molecule has 2 aromatic heterocycles. The number of alkyl halides is 6. The zero-order chi connectivity index (χ0) is 28.1. The van der Waals surface area contributed by atoms with Crippen LogP contribution in [0.3, 0.4) is 0 Å². The highest BCUT2D eigenvalue weighted by molar-refractivity contribution is 5.43. The summed E-state index contributed by atoms with van der Waals surface area (Å²) >= 11 is 0. The fraction of sp³-hybridized carbons (Fsp3) is 0.565. The van der Waals surface area contributed by atoms with E-state index in [4.69, 9.17) is 9.26 Å². The molecule has 5 rings (SSSR count). The average molecular weight is 561 g/mol. The Morgan fingerprint density at radius 2 is 1.74 bits per heavy atom. The van der Waals surface area contributed by atoms with Crippen molar-refractivity contribution in [2.75, 3.05) is 23.3 Å². The lowest BCUT2D eigenvalue weighted by Gasteiger charge is -2.37. The van der Waals surface area contributed by atoms with Gasteiger partial charge in [-0.2, -0.15) is 23.1 Å². The molecule has 0 amide bonds. The molecule has 2 atom stereocenters. The number of rotatable bonds is 7. The van der Waals surface area contributed by atoms with Gasteiger partial charge in [0.2, 0.25) is 5.95 Å². The Balaban J connectivity index is 1.34. The molecule has 1 aliphatic heterocycles. The Hall–Kier alpha value is -3.72. The molecule has 3 aromatic rings. The smallest absolute Gasteiger partial charge is 0.424 e. The van der Waals surface area contributed by atoms with E-state index in [1.165, 1.54) is 4.68 Å².